The fraction of sp³-hybridized carbons (Fsp3) is 0.526. The third kappa shape index (κ3) is 2.62. The number of hydrogen-bond donors (Lipinski definition) is 2. The zero-order valence-corrected chi connectivity index (χ0v) is 14.5. The molecule has 1 aromatic carbocycles. The summed E-state index contributed by atoms with van der Waals surface area (Å²) in [5.41, 5.74) is 2.81. The first-order valence-corrected chi connectivity index (χ1v) is 9.32. The lowest BCUT2D eigenvalue weighted by Gasteiger charge is -2.48. The molecule has 0 aliphatic carbocycles. The van der Waals surface area contributed by atoms with E-state index >= 15 is 0 Å². The van der Waals surface area contributed by atoms with Crippen LogP contribution in [0.5, 0.6) is 0 Å². The smallest absolute Gasteiger partial charge is 0.255 e. The molecule has 2 bridgehead atoms. The molecule has 5 heterocycles. The minimum atomic E-state index is -0.545. The maximum Gasteiger partial charge on any atom is 0.255 e. The second kappa shape index (κ2) is 5.89. The van der Waals surface area contributed by atoms with Crippen molar-refractivity contribution in [3.8, 4) is 0 Å². The zero-order valence-electron chi connectivity index (χ0n) is 14.5. The van der Waals surface area contributed by atoms with Crippen LogP contribution in [0.15, 0.2) is 18.2 Å². The number of piperazine rings is 1. The van der Waals surface area contributed by atoms with Gasteiger partial charge in [-0.25, -0.2) is 0 Å². The molecule has 3 unspecified atom stereocenters. The summed E-state index contributed by atoms with van der Waals surface area (Å²) in [6.45, 7) is 3.42. The van der Waals surface area contributed by atoms with Crippen LogP contribution in [0.25, 0.3) is 0 Å². The third-order valence-electron chi connectivity index (χ3n) is 6.00. The van der Waals surface area contributed by atoms with E-state index in [0.29, 0.717) is 30.6 Å². The van der Waals surface area contributed by atoms with Crippen LogP contribution >= 0.6 is 0 Å². The quantitative estimate of drug-likeness (QED) is 0.747. The lowest BCUT2D eigenvalue weighted by Crippen LogP contribution is -2.66. The van der Waals surface area contributed by atoms with Gasteiger partial charge in [0.15, 0.2) is 0 Å². The van der Waals surface area contributed by atoms with Gasteiger partial charge in [0.05, 0.1) is 0 Å². The molecule has 26 heavy (non-hydrogen) atoms. The van der Waals surface area contributed by atoms with Crippen molar-refractivity contribution in [3.63, 3.8) is 0 Å². The van der Waals surface area contributed by atoms with Crippen molar-refractivity contribution in [2.24, 2.45) is 0 Å². The summed E-state index contributed by atoms with van der Waals surface area (Å²) in [5, 5.41) is 5.87. The Morgan fingerprint density at radius 3 is 2.62 bits per heavy atom. The summed E-state index contributed by atoms with van der Waals surface area (Å²) < 4.78 is 0. The molecule has 4 saturated heterocycles. The van der Waals surface area contributed by atoms with E-state index in [2.05, 4.69) is 21.6 Å². The van der Waals surface area contributed by atoms with E-state index in [1.54, 1.807) is 4.90 Å². The van der Waals surface area contributed by atoms with Crippen molar-refractivity contribution >= 4 is 17.7 Å². The van der Waals surface area contributed by atoms with E-state index < -0.39 is 6.04 Å². The van der Waals surface area contributed by atoms with E-state index in [1.165, 1.54) is 6.42 Å². The minimum absolute atomic E-state index is 0.0977. The summed E-state index contributed by atoms with van der Waals surface area (Å²) in [6, 6.07) is 6.78. The van der Waals surface area contributed by atoms with Crippen LogP contribution in [0, 0.1) is 0 Å². The normalized spacial score (nSPS) is 30.8. The standard InChI is InChI=1S/C19H22N4O3/c24-17-4-3-16(18(25)21-17)23-8-12-2-1-11(5-15(12)19(23)26)7-22-9-13-6-14(10-22)20-13/h1-2,5,13-14,16,20H,3-4,6-10H2,(H,21,24,25). The molecule has 3 atom stereocenters. The van der Waals surface area contributed by atoms with Gasteiger partial charge in [-0.2, -0.15) is 0 Å². The van der Waals surface area contributed by atoms with E-state index in [4.69, 9.17) is 0 Å². The Bertz CT molecular complexity index is 792. The van der Waals surface area contributed by atoms with Gasteiger partial charge in [0.1, 0.15) is 6.04 Å². The molecule has 7 nitrogen and oxygen atoms in total. The summed E-state index contributed by atoms with van der Waals surface area (Å²) in [7, 11) is 0. The average molecular weight is 354 g/mol. The maximum absolute atomic E-state index is 12.9. The Labute approximate surface area is 151 Å². The lowest BCUT2D eigenvalue weighted by atomic mass is 9.91. The van der Waals surface area contributed by atoms with E-state index in [9.17, 15) is 14.4 Å². The topological polar surface area (TPSA) is 81.8 Å². The first-order chi connectivity index (χ1) is 12.6. The number of carbonyl (C=O) groups is 3. The van der Waals surface area contributed by atoms with Gasteiger partial charge in [-0.1, -0.05) is 12.1 Å². The Morgan fingerprint density at radius 1 is 1.12 bits per heavy atom. The van der Waals surface area contributed by atoms with Crippen molar-refractivity contribution in [2.75, 3.05) is 13.1 Å². The summed E-state index contributed by atoms with van der Waals surface area (Å²) in [5.74, 6) is -0.714. The predicted octanol–water partition coefficient (Wildman–Crippen LogP) is -0.00630. The Balaban J connectivity index is 1.31. The van der Waals surface area contributed by atoms with Gasteiger partial charge in [-0.3, -0.25) is 24.6 Å². The van der Waals surface area contributed by atoms with Crippen LogP contribution in [-0.2, 0) is 22.7 Å². The van der Waals surface area contributed by atoms with Crippen molar-refractivity contribution in [3.05, 3.63) is 34.9 Å². The Hall–Kier alpha value is -2.25. The van der Waals surface area contributed by atoms with Gasteiger partial charge in [-0.15, -0.1) is 0 Å². The summed E-state index contributed by atoms with van der Waals surface area (Å²) >= 11 is 0. The average Bonchev–Trinajstić information content (AvgIpc) is 2.91. The van der Waals surface area contributed by atoms with Crippen LogP contribution in [0.1, 0.15) is 40.7 Å². The molecule has 5 aliphatic rings. The van der Waals surface area contributed by atoms with Crippen LogP contribution in [0.4, 0.5) is 0 Å². The number of imide groups is 1. The molecule has 136 valence electrons. The Morgan fingerprint density at radius 2 is 1.88 bits per heavy atom. The largest absolute Gasteiger partial charge is 0.322 e. The molecular weight excluding hydrogens is 332 g/mol. The monoisotopic (exact) mass is 354 g/mol. The van der Waals surface area contributed by atoms with Crippen molar-refractivity contribution in [1.82, 2.24) is 20.4 Å². The summed E-state index contributed by atoms with van der Waals surface area (Å²) in [4.78, 5) is 40.4. The molecule has 0 radical (unpaired) electrons. The van der Waals surface area contributed by atoms with Crippen molar-refractivity contribution in [1.29, 1.82) is 0 Å². The molecule has 7 heteroatoms. The molecule has 2 N–H and O–H groups in total. The first kappa shape index (κ1) is 16.0. The predicted molar refractivity (Wildman–Crippen MR) is 93.1 cm³/mol. The molecule has 3 amide bonds. The molecule has 0 spiro atoms. The molecule has 6 rings (SSSR count). The number of amides is 3. The van der Waals surface area contributed by atoms with Crippen molar-refractivity contribution in [2.45, 2.75) is 50.5 Å². The highest BCUT2D eigenvalue weighted by Crippen LogP contribution is 2.29. The maximum atomic E-state index is 12.9. The van der Waals surface area contributed by atoms with Gasteiger partial charge in [0.2, 0.25) is 11.8 Å². The number of benzene rings is 1. The highest BCUT2D eigenvalue weighted by Gasteiger charge is 2.39. The van der Waals surface area contributed by atoms with Gasteiger partial charge >= 0.3 is 0 Å². The Kier molecular flexibility index (Phi) is 3.62. The molecular formula is C19H22N4O3. The number of rotatable bonds is 3. The van der Waals surface area contributed by atoms with Crippen LogP contribution in [0.2, 0.25) is 0 Å². The van der Waals surface area contributed by atoms with Crippen molar-refractivity contribution < 1.29 is 14.4 Å². The number of fused-ring (bicyclic) bond motifs is 3. The molecule has 0 aromatic heterocycles. The molecule has 4 fully saturated rings. The van der Waals surface area contributed by atoms with Gasteiger partial charge in [-0.05, 0) is 30.0 Å². The number of carbonyl (C=O) groups excluding carboxylic acids is 3. The lowest BCUT2D eigenvalue weighted by molar-refractivity contribution is -0.136. The number of hydrogen-bond acceptors (Lipinski definition) is 5. The van der Waals surface area contributed by atoms with E-state index in [1.807, 2.05) is 12.1 Å². The van der Waals surface area contributed by atoms with E-state index in [0.717, 1.165) is 30.8 Å². The van der Waals surface area contributed by atoms with Crippen LogP contribution in [-0.4, -0.2) is 58.7 Å². The summed E-state index contributed by atoms with van der Waals surface area (Å²) in [6.07, 6.45) is 1.97. The molecule has 5 aliphatic heterocycles. The number of nitrogens with one attached hydrogen (secondary N) is 2. The minimum Gasteiger partial charge on any atom is -0.322 e. The first-order valence-electron chi connectivity index (χ1n) is 9.32. The number of nitrogens with zero attached hydrogens (tertiary/aromatic N) is 2. The second-order valence-corrected chi connectivity index (χ2v) is 7.88. The third-order valence-corrected chi connectivity index (χ3v) is 6.00. The highest BCUT2D eigenvalue weighted by molar-refractivity contribution is 6.05. The fourth-order valence-corrected chi connectivity index (χ4v) is 4.69. The van der Waals surface area contributed by atoms with Gasteiger partial charge in [0.25, 0.3) is 5.91 Å². The SMILES string of the molecule is O=C1CCC(N2Cc3ccc(CN4CC5CC(C4)N5)cc3C2=O)C(=O)N1. The fourth-order valence-electron chi connectivity index (χ4n) is 4.69. The number of piperidine rings is 2. The molecule has 0 saturated carbocycles. The highest BCUT2D eigenvalue weighted by atomic mass is 16.2. The van der Waals surface area contributed by atoms with Gasteiger partial charge < -0.3 is 10.2 Å². The molecule has 1 aromatic rings. The van der Waals surface area contributed by atoms with E-state index in [-0.39, 0.29) is 24.1 Å². The van der Waals surface area contributed by atoms with Gasteiger partial charge in [0, 0.05) is 50.2 Å². The van der Waals surface area contributed by atoms with Crippen LogP contribution in [0.3, 0.4) is 0 Å². The second-order valence-electron chi connectivity index (χ2n) is 7.88. The van der Waals surface area contributed by atoms with Crippen LogP contribution < -0.4 is 10.6 Å². The zero-order chi connectivity index (χ0) is 17.8.